The molecular formula is C11H17N3. The molecule has 0 aliphatic heterocycles. The second-order valence-corrected chi connectivity index (χ2v) is 4.13. The van der Waals surface area contributed by atoms with Gasteiger partial charge in [-0.05, 0) is 25.0 Å². The molecule has 0 bridgehead atoms. The molecule has 1 aromatic rings. The van der Waals surface area contributed by atoms with E-state index in [-0.39, 0.29) is 5.41 Å². The van der Waals surface area contributed by atoms with E-state index in [2.05, 4.69) is 4.98 Å². The van der Waals surface area contributed by atoms with Crippen LogP contribution in [0.25, 0.3) is 0 Å². The Bertz CT molecular complexity index is 316. The van der Waals surface area contributed by atoms with Crippen LogP contribution in [0.5, 0.6) is 0 Å². The summed E-state index contributed by atoms with van der Waals surface area (Å²) < 4.78 is 0. The average Bonchev–Trinajstić information content (AvgIpc) is 2.68. The van der Waals surface area contributed by atoms with E-state index in [0.717, 1.165) is 24.2 Å². The maximum absolute atomic E-state index is 5.94. The second kappa shape index (κ2) is 3.58. The minimum Gasteiger partial charge on any atom is -0.397 e. The lowest BCUT2D eigenvalue weighted by molar-refractivity contribution is 0.441. The van der Waals surface area contributed by atoms with Gasteiger partial charge in [0.05, 0.1) is 11.4 Å². The number of nitrogens with two attached hydrogens (primary N) is 2. The number of pyridine rings is 1. The Kier molecular flexibility index (Phi) is 2.42. The van der Waals surface area contributed by atoms with Gasteiger partial charge in [0.25, 0.3) is 0 Å². The molecule has 3 nitrogen and oxygen atoms in total. The highest BCUT2D eigenvalue weighted by Gasteiger charge is 2.36. The van der Waals surface area contributed by atoms with Crippen molar-refractivity contribution in [3.8, 4) is 0 Å². The van der Waals surface area contributed by atoms with Crippen LogP contribution in [0.4, 0.5) is 5.69 Å². The fraction of sp³-hybridized carbons (Fsp3) is 0.545. The van der Waals surface area contributed by atoms with Gasteiger partial charge in [0.1, 0.15) is 0 Å². The molecule has 1 heterocycles. The van der Waals surface area contributed by atoms with Crippen LogP contribution in [0.1, 0.15) is 31.4 Å². The predicted molar refractivity (Wildman–Crippen MR) is 57.8 cm³/mol. The van der Waals surface area contributed by atoms with E-state index in [9.17, 15) is 0 Å². The molecule has 1 saturated carbocycles. The number of hydrogen-bond acceptors (Lipinski definition) is 3. The minimum absolute atomic E-state index is 0.0609. The highest BCUT2D eigenvalue weighted by Crippen LogP contribution is 2.41. The van der Waals surface area contributed by atoms with E-state index in [4.69, 9.17) is 11.5 Å². The molecule has 0 amide bonds. The van der Waals surface area contributed by atoms with Gasteiger partial charge < -0.3 is 11.5 Å². The van der Waals surface area contributed by atoms with Gasteiger partial charge in [0.15, 0.2) is 0 Å². The molecule has 1 aromatic heterocycles. The quantitative estimate of drug-likeness (QED) is 0.743. The highest BCUT2D eigenvalue weighted by molar-refractivity contribution is 5.47. The van der Waals surface area contributed by atoms with Crippen molar-refractivity contribution in [1.82, 2.24) is 4.98 Å². The normalized spacial score (nSPS) is 19.8. The van der Waals surface area contributed by atoms with E-state index < -0.39 is 0 Å². The Hall–Kier alpha value is -1.09. The fourth-order valence-electron chi connectivity index (χ4n) is 2.45. The number of anilines is 1. The van der Waals surface area contributed by atoms with Gasteiger partial charge in [-0.3, -0.25) is 4.98 Å². The van der Waals surface area contributed by atoms with Gasteiger partial charge in [0, 0.05) is 18.2 Å². The van der Waals surface area contributed by atoms with Crippen LogP contribution in [0.15, 0.2) is 18.3 Å². The Morgan fingerprint density at radius 1 is 1.36 bits per heavy atom. The maximum atomic E-state index is 5.94. The topological polar surface area (TPSA) is 64.9 Å². The molecule has 0 saturated heterocycles. The first-order chi connectivity index (χ1) is 6.78. The zero-order valence-electron chi connectivity index (χ0n) is 8.37. The fourth-order valence-corrected chi connectivity index (χ4v) is 2.45. The third kappa shape index (κ3) is 1.38. The van der Waals surface area contributed by atoms with Crippen LogP contribution >= 0.6 is 0 Å². The van der Waals surface area contributed by atoms with Crippen molar-refractivity contribution < 1.29 is 0 Å². The molecule has 0 unspecified atom stereocenters. The molecule has 14 heavy (non-hydrogen) atoms. The molecule has 3 heteroatoms. The van der Waals surface area contributed by atoms with Gasteiger partial charge in [-0.25, -0.2) is 0 Å². The van der Waals surface area contributed by atoms with Gasteiger partial charge in [0.2, 0.25) is 0 Å². The maximum Gasteiger partial charge on any atom is 0.0706 e. The van der Waals surface area contributed by atoms with Crippen molar-refractivity contribution in [3.63, 3.8) is 0 Å². The first kappa shape index (κ1) is 9.46. The second-order valence-electron chi connectivity index (χ2n) is 4.13. The third-order valence-electron chi connectivity index (χ3n) is 3.29. The van der Waals surface area contributed by atoms with Gasteiger partial charge in [-0.1, -0.05) is 12.8 Å². The molecule has 0 aromatic carbocycles. The van der Waals surface area contributed by atoms with Crippen molar-refractivity contribution in [2.24, 2.45) is 5.73 Å². The van der Waals surface area contributed by atoms with Crippen LogP contribution in [0.2, 0.25) is 0 Å². The first-order valence-corrected chi connectivity index (χ1v) is 5.19. The number of aromatic nitrogens is 1. The SMILES string of the molecule is NCC1(c2ncccc2N)CCCC1. The summed E-state index contributed by atoms with van der Waals surface area (Å²) in [5, 5.41) is 0. The monoisotopic (exact) mass is 191 g/mol. The molecule has 4 N–H and O–H groups in total. The zero-order valence-corrected chi connectivity index (χ0v) is 8.37. The molecular weight excluding hydrogens is 174 g/mol. The van der Waals surface area contributed by atoms with E-state index >= 15 is 0 Å². The lowest BCUT2D eigenvalue weighted by Crippen LogP contribution is -2.33. The summed E-state index contributed by atoms with van der Waals surface area (Å²) in [7, 11) is 0. The standard InChI is InChI=1S/C11H17N3/c12-8-11(5-1-2-6-11)10-9(13)4-3-7-14-10/h3-4,7H,1-2,5-6,8,12-13H2. The van der Waals surface area contributed by atoms with Gasteiger partial charge >= 0.3 is 0 Å². The van der Waals surface area contributed by atoms with Gasteiger partial charge in [-0.2, -0.15) is 0 Å². The molecule has 0 spiro atoms. The summed E-state index contributed by atoms with van der Waals surface area (Å²) in [4.78, 5) is 4.40. The van der Waals surface area contributed by atoms with Crippen LogP contribution in [-0.2, 0) is 5.41 Å². The van der Waals surface area contributed by atoms with Crippen molar-refractivity contribution in [3.05, 3.63) is 24.0 Å². The summed E-state index contributed by atoms with van der Waals surface area (Å²) >= 11 is 0. The average molecular weight is 191 g/mol. The molecule has 1 aliphatic carbocycles. The zero-order chi connectivity index (χ0) is 10.0. The summed E-state index contributed by atoms with van der Waals surface area (Å²) in [5.74, 6) is 0. The summed E-state index contributed by atoms with van der Waals surface area (Å²) in [6.07, 6.45) is 6.55. The van der Waals surface area contributed by atoms with Crippen LogP contribution < -0.4 is 11.5 Å². The van der Waals surface area contributed by atoms with Crippen LogP contribution in [0, 0.1) is 0 Å². The minimum atomic E-state index is 0.0609. The predicted octanol–water partition coefficient (Wildman–Crippen LogP) is 1.43. The van der Waals surface area contributed by atoms with E-state index in [1.54, 1.807) is 6.20 Å². The lowest BCUT2D eigenvalue weighted by Gasteiger charge is -2.27. The van der Waals surface area contributed by atoms with E-state index in [1.165, 1.54) is 12.8 Å². The molecule has 1 aliphatic rings. The number of rotatable bonds is 2. The third-order valence-corrected chi connectivity index (χ3v) is 3.29. The first-order valence-electron chi connectivity index (χ1n) is 5.19. The van der Waals surface area contributed by atoms with Crippen molar-refractivity contribution in [2.45, 2.75) is 31.1 Å². The lowest BCUT2D eigenvalue weighted by atomic mass is 9.81. The molecule has 2 rings (SSSR count). The van der Waals surface area contributed by atoms with E-state index in [0.29, 0.717) is 6.54 Å². The Morgan fingerprint density at radius 3 is 2.64 bits per heavy atom. The molecule has 1 fully saturated rings. The Balaban J connectivity index is 2.41. The summed E-state index contributed by atoms with van der Waals surface area (Å²) in [6.45, 7) is 0.661. The number of nitrogen functional groups attached to an aromatic ring is 1. The number of nitrogens with zero attached hydrogens (tertiary/aromatic N) is 1. The van der Waals surface area contributed by atoms with Crippen molar-refractivity contribution in [1.29, 1.82) is 0 Å². The van der Waals surface area contributed by atoms with E-state index in [1.807, 2.05) is 12.1 Å². The summed E-state index contributed by atoms with van der Waals surface area (Å²) in [5.41, 5.74) is 13.7. The van der Waals surface area contributed by atoms with Crippen LogP contribution in [0.3, 0.4) is 0 Å². The van der Waals surface area contributed by atoms with Crippen molar-refractivity contribution in [2.75, 3.05) is 12.3 Å². The Morgan fingerprint density at radius 2 is 2.07 bits per heavy atom. The number of hydrogen-bond donors (Lipinski definition) is 2. The highest BCUT2D eigenvalue weighted by atomic mass is 14.8. The summed E-state index contributed by atoms with van der Waals surface area (Å²) in [6, 6.07) is 3.79. The van der Waals surface area contributed by atoms with Crippen molar-refractivity contribution >= 4 is 5.69 Å². The van der Waals surface area contributed by atoms with Gasteiger partial charge in [-0.15, -0.1) is 0 Å². The van der Waals surface area contributed by atoms with Crippen LogP contribution in [-0.4, -0.2) is 11.5 Å². The Labute approximate surface area is 84.5 Å². The molecule has 0 atom stereocenters. The molecule has 76 valence electrons. The largest absolute Gasteiger partial charge is 0.397 e. The molecule has 0 radical (unpaired) electrons. The smallest absolute Gasteiger partial charge is 0.0706 e.